The van der Waals surface area contributed by atoms with Crippen LogP contribution in [0.2, 0.25) is 0 Å². The van der Waals surface area contributed by atoms with Crippen LogP contribution in [-0.4, -0.2) is 31.4 Å². The molecule has 0 saturated heterocycles. The summed E-state index contributed by atoms with van der Waals surface area (Å²) in [4.78, 5) is 0.157. The summed E-state index contributed by atoms with van der Waals surface area (Å²) >= 11 is 0. The second-order valence-electron chi connectivity index (χ2n) is 6.38. The van der Waals surface area contributed by atoms with Crippen LogP contribution in [0.25, 0.3) is 0 Å². The number of ether oxygens (including phenoxy) is 1. The smallest absolute Gasteiger partial charge is 0.247 e. The largest absolute Gasteiger partial charge is 0.483 e. The molecule has 1 aliphatic rings. The summed E-state index contributed by atoms with van der Waals surface area (Å²) in [6, 6.07) is 16.0. The van der Waals surface area contributed by atoms with E-state index in [1.807, 2.05) is 30.3 Å². The van der Waals surface area contributed by atoms with Crippen molar-refractivity contribution in [1.29, 1.82) is 0 Å². The zero-order chi connectivity index (χ0) is 19.4. The number of rotatable bonds is 6. The van der Waals surface area contributed by atoms with E-state index in [2.05, 4.69) is 19.7 Å². The van der Waals surface area contributed by atoms with E-state index in [0.29, 0.717) is 17.7 Å². The first kappa shape index (κ1) is 19.1. The zero-order valence-electron chi connectivity index (χ0n) is 15.1. The molecule has 4 nitrogen and oxygen atoms in total. The summed E-state index contributed by atoms with van der Waals surface area (Å²) in [5.41, 5.74) is 1.65. The molecule has 140 valence electrons. The fourth-order valence-corrected chi connectivity index (χ4v) is 5.01. The molecule has 1 aliphatic heterocycles. The first-order chi connectivity index (χ1) is 13.0. The van der Waals surface area contributed by atoms with Crippen LogP contribution < -0.4 is 4.74 Å². The van der Waals surface area contributed by atoms with Gasteiger partial charge >= 0.3 is 0 Å². The van der Waals surface area contributed by atoms with Gasteiger partial charge in [0.1, 0.15) is 16.7 Å². The Morgan fingerprint density at radius 3 is 2.41 bits per heavy atom. The van der Waals surface area contributed by atoms with Gasteiger partial charge in [-0.2, -0.15) is 4.31 Å². The highest BCUT2D eigenvalue weighted by atomic mass is 32.2. The van der Waals surface area contributed by atoms with Crippen LogP contribution in [0.1, 0.15) is 5.56 Å². The van der Waals surface area contributed by atoms with Gasteiger partial charge in [-0.15, -0.1) is 6.58 Å². The van der Waals surface area contributed by atoms with Gasteiger partial charge in [0, 0.05) is 6.54 Å². The van der Waals surface area contributed by atoms with E-state index in [1.165, 1.54) is 4.31 Å². The van der Waals surface area contributed by atoms with E-state index < -0.39 is 22.2 Å². The maximum Gasteiger partial charge on any atom is 0.247 e. The second kappa shape index (κ2) is 7.94. The minimum absolute atomic E-state index is 0.157. The summed E-state index contributed by atoms with van der Waals surface area (Å²) < 4.78 is 34.5. The van der Waals surface area contributed by atoms with Gasteiger partial charge in [-0.05, 0) is 29.7 Å². The lowest BCUT2D eigenvalue weighted by Gasteiger charge is -2.33. The summed E-state index contributed by atoms with van der Waals surface area (Å²) in [5, 5.41) is 0. The standard InChI is InChI=1S/C22H23NO3S/c1-4-15-23-19(16-18-11-7-6-8-12-18)22(17(3)5-2)26-20-13-9-10-14-21(20)27(23,24)25/h4-14,19,22H,1-3,15-16H2/t19-,22+/m1/s1. The third-order valence-corrected chi connectivity index (χ3v) is 6.56. The highest BCUT2D eigenvalue weighted by Crippen LogP contribution is 2.36. The Kier molecular flexibility index (Phi) is 5.63. The highest BCUT2D eigenvalue weighted by molar-refractivity contribution is 7.89. The minimum atomic E-state index is -3.76. The van der Waals surface area contributed by atoms with Crippen LogP contribution >= 0.6 is 0 Å². The number of para-hydroxylation sites is 1. The van der Waals surface area contributed by atoms with Crippen molar-refractivity contribution in [3.8, 4) is 5.75 Å². The number of fused-ring (bicyclic) bond motifs is 1. The monoisotopic (exact) mass is 381 g/mol. The molecule has 0 spiro atoms. The normalized spacial score (nSPS) is 21.3. The van der Waals surface area contributed by atoms with Crippen molar-refractivity contribution in [3.63, 3.8) is 0 Å². The highest BCUT2D eigenvalue weighted by Gasteiger charge is 2.42. The van der Waals surface area contributed by atoms with Crippen LogP contribution in [0.5, 0.6) is 5.75 Å². The summed E-state index contributed by atoms with van der Waals surface area (Å²) in [6.45, 7) is 11.8. The molecule has 0 saturated carbocycles. The van der Waals surface area contributed by atoms with Gasteiger partial charge in [-0.25, -0.2) is 8.42 Å². The Bertz CT molecular complexity index is 951. The van der Waals surface area contributed by atoms with Crippen molar-refractivity contribution in [2.75, 3.05) is 6.54 Å². The number of benzene rings is 2. The van der Waals surface area contributed by atoms with Crippen molar-refractivity contribution < 1.29 is 13.2 Å². The predicted molar refractivity (Wildman–Crippen MR) is 108 cm³/mol. The molecule has 2 aromatic carbocycles. The first-order valence-electron chi connectivity index (χ1n) is 8.72. The van der Waals surface area contributed by atoms with Crippen molar-refractivity contribution in [3.05, 3.63) is 97.6 Å². The molecule has 27 heavy (non-hydrogen) atoms. The molecule has 0 N–H and O–H groups in total. The van der Waals surface area contributed by atoms with E-state index in [4.69, 9.17) is 4.74 Å². The maximum atomic E-state index is 13.4. The van der Waals surface area contributed by atoms with Crippen LogP contribution in [-0.2, 0) is 16.4 Å². The molecule has 2 aromatic rings. The molecule has 3 rings (SSSR count). The van der Waals surface area contributed by atoms with Gasteiger partial charge in [0.2, 0.25) is 10.0 Å². The van der Waals surface area contributed by atoms with E-state index in [9.17, 15) is 8.42 Å². The third-order valence-electron chi connectivity index (χ3n) is 4.63. The predicted octanol–water partition coefficient (Wildman–Crippen LogP) is 3.98. The van der Waals surface area contributed by atoms with Gasteiger partial charge in [-0.1, -0.05) is 67.8 Å². The molecule has 0 aliphatic carbocycles. The van der Waals surface area contributed by atoms with Crippen molar-refractivity contribution in [2.45, 2.75) is 23.5 Å². The first-order valence-corrected chi connectivity index (χ1v) is 10.2. The summed E-state index contributed by atoms with van der Waals surface area (Å²) in [6.07, 6.45) is 3.15. The molecule has 0 unspecified atom stereocenters. The number of nitrogens with zero attached hydrogens (tertiary/aromatic N) is 1. The molecule has 5 heteroatoms. The Hall–Kier alpha value is -2.63. The molecule has 0 radical (unpaired) electrons. The molecule has 0 fully saturated rings. The number of hydrogen-bond donors (Lipinski definition) is 0. The van der Waals surface area contributed by atoms with Crippen LogP contribution in [0, 0.1) is 0 Å². The lowest BCUT2D eigenvalue weighted by Crippen LogP contribution is -2.49. The van der Waals surface area contributed by atoms with Gasteiger partial charge in [-0.3, -0.25) is 0 Å². The van der Waals surface area contributed by atoms with Crippen LogP contribution in [0.15, 0.2) is 97.0 Å². The second-order valence-corrected chi connectivity index (χ2v) is 8.24. The quantitative estimate of drug-likeness (QED) is 0.562. The van der Waals surface area contributed by atoms with Crippen LogP contribution in [0.3, 0.4) is 0 Å². The van der Waals surface area contributed by atoms with Crippen LogP contribution in [0.4, 0.5) is 0 Å². The number of hydrogen-bond acceptors (Lipinski definition) is 3. The third kappa shape index (κ3) is 3.75. The van der Waals surface area contributed by atoms with E-state index >= 15 is 0 Å². The molecular formula is C22H23NO3S. The molecule has 0 aromatic heterocycles. The Morgan fingerprint density at radius 2 is 1.74 bits per heavy atom. The fourth-order valence-electron chi connectivity index (χ4n) is 3.30. The fraction of sp³-hybridized carbons (Fsp3) is 0.182. The van der Waals surface area contributed by atoms with Gasteiger partial charge < -0.3 is 4.74 Å². The van der Waals surface area contributed by atoms with Crippen molar-refractivity contribution >= 4 is 10.0 Å². The maximum absolute atomic E-state index is 13.4. The average molecular weight is 381 g/mol. The summed E-state index contributed by atoms with van der Waals surface area (Å²) in [7, 11) is -3.76. The molecule has 2 atom stereocenters. The molecular weight excluding hydrogens is 358 g/mol. The zero-order valence-corrected chi connectivity index (χ0v) is 15.9. The van der Waals surface area contributed by atoms with E-state index in [-0.39, 0.29) is 11.4 Å². The Balaban J connectivity index is 2.17. The lowest BCUT2D eigenvalue weighted by molar-refractivity contribution is 0.152. The van der Waals surface area contributed by atoms with Gasteiger partial charge in [0.05, 0.1) is 6.04 Å². The Labute approximate surface area is 161 Å². The van der Waals surface area contributed by atoms with Crippen molar-refractivity contribution in [1.82, 2.24) is 4.31 Å². The molecule has 0 bridgehead atoms. The lowest BCUT2D eigenvalue weighted by atomic mass is 9.96. The SMILES string of the molecule is C=CCN1[C@H](Cc2ccccc2)[C@H](C(=C)C=C)Oc2ccccc2S1(=O)=O. The average Bonchev–Trinajstić information content (AvgIpc) is 2.77. The molecule has 1 heterocycles. The van der Waals surface area contributed by atoms with E-state index in [0.717, 1.165) is 5.56 Å². The minimum Gasteiger partial charge on any atom is -0.483 e. The van der Waals surface area contributed by atoms with Gasteiger partial charge in [0.15, 0.2) is 0 Å². The van der Waals surface area contributed by atoms with Crippen molar-refractivity contribution in [2.24, 2.45) is 0 Å². The Morgan fingerprint density at radius 1 is 1.07 bits per heavy atom. The van der Waals surface area contributed by atoms with Gasteiger partial charge in [0.25, 0.3) is 0 Å². The summed E-state index contributed by atoms with van der Waals surface area (Å²) in [5.74, 6) is 0.329. The number of sulfonamides is 1. The molecule has 0 amide bonds. The van der Waals surface area contributed by atoms with E-state index in [1.54, 1.807) is 36.4 Å². The topological polar surface area (TPSA) is 46.6 Å².